The van der Waals surface area contributed by atoms with Crippen LogP contribution in [0.4, 0.5) is 5.82 Å². The summed E-state index contributed by atoms with van der Waals surface area (Å²) in [5.74, 6) is 5.92. The van der Waals surface area contributed by atoms with Gasteiger partial charge in [0.2, 0.25) is 5.82 Å². The molecule has 0 bridgehead atoms. The zero-order chi connectivity index (χ0) is 18.3. The van der Waals surface area contributed by atoms with Gasteiger partial charge in [0.1, 0.15) is 23.8 Å². The van der Waals surface area contributed by atoms with Gasteiger partial charge in [-0.2, -0.15) is 0 Å². The van der Waals surface area contributed by atoms with Crippen LogP contribution in [0.3, 0.4) is 0 Å². The number of nitrogens with zero attached hydrogens (tertiary/aromatic N) is 5. The lowest BCUT2D eigenvalue weighted by Crippen LogP contribution is -2.33. The number of hydrogen-bond donors (Lipinski definition) is 4. The van der Waals surface area contributed by atoms with Gasteiger partial charge in [0, 0.05) is 11.6 Å². The highest BCUT2D eigenvalue weighted by Crippen LogP contribution is 2.31. The minimum Gasteiger partial charge on any atom is -0.394 e. The number of anilines is 1. The van der Waals surface area contributed by atoms with Gasteiger partial charge < -0.3 is 25.8 Å². The summed E-state index contributed by atoms with van der Waals surface area (Å²) in [5.41, 5.74) is 6.56. The van der Waals surface area contributed by atoms with E-state index in [2.05, 4.69) is 31.8 Å². The molecule has 1 aliphatic heterocycles. The molecule has 0 radical (unpaired) electrons. The lowest BCUT2D eigenvalue weighted by Gasteiger charge is -2.16. The Kier molecular flexibility index (Phi) is 4.27. The molecule has 0 aromatic carbocycles. The molecule has 10 nitrogen and oxygen atoms in total. The number of rotatable bonds is 2. The van der Waals surface area contributed by atoms with Crippen LogP contribution in [-0.2, 0) is 4.74 Å². The van der Waals surface area contributed by atoms with Crippen molar-refractivity contribution < 1.29 is 20.1 Å². The minimum absolute atomic E-state index is 0.129. The summed E-state index contributed by atoms with van der Waals surface area (Å²) >= 11 is 1.38. The summed E-state index contributed by atoms with van der Waals surface area (Å²) in [6.07, 6.45) is -1.34. The van der Waals surface area contributed by atoms with Crippen LogP contribution in [0.15, 0.2) is 17.9 Å². The number of aliphatic hydroxyl groups excluding tert-OH is 3. The Balaban J connectivity index is 1.75. The first kappa shape index (κ1) is 16.8. The van der Waals surface area contributed by atoms with E-state index < -0.39 is 31.1 Å². The average Bonchev–Trinajstić information content (AvgIpc) is 3.34. The van der Waals surface area contributed by atoms with Crippen LogP contribution in [0.1, 0.15) is 17.1 Å². The van der Waals surface area contributed by atoms with Crippen LogP contribution in [0.5, 0.6) is 0 Å². The Bertz CT molecular complexity index is 995. The van der Waals surface area contributed by atoms with Crippen molar-refractivity contribution in [2.24, 2.45) is 0 Å². The maximum atomic E-state index is 10.2. The van der Waals surface area contributed by atoms with Crippen molar-refractivity contribution in [3.63, 3.8) is 0 Å². The van der Waals surface area contributed by atoms with Crippen molar-refractivity contribution >= 4 is 28.3 Å². The van der Waals surface area contributed by atoms with Crippen molar-refractivity contribution in [2.45, 2.75) is 24.5 Å². The first-order valence-electron chi connectivity index (χ1n) is 7.62. The second-order valence-corrected chi connectivity index (χ2v) is 6.47. The zero-order valence-electron chi connectivity index (χ0n) is 13.2. The van der Waals surface area contributed by atoms with E-state index in [1.807, 2.05) is 0 Å². The Hall–Kier alpha value is -2.62. The predicted molar refractivity (Wildman–Crippen MR) is 90.8 cm³/mol. The lowest BCUT2D eigenvalue weighted by atomic mass is 10.1. The molecule has 26 heavy (non-hydrogen) atoms. The third-order valence-corrected chi connectivity index (χ3v) is 4.64. The summed E-state index contributed by atoms with van der Waals surface area (Å²) in [7, 11) is 0. The summed E-state index contributed by atoms with van der Waals surface area (Å²) < 4.78 is 6.95. The van der Waals surface area contributed by atoms with E-state index in [1.54, 1.807) is 11.6 Å². The Morgan fingerprint density at radius 2 is 2.08 bits per heavy atom. The van der Waals surface area contributed by atoms with Crippen molar-refractivity contribution in [1.82, 2.24) is 24.5 Å². The SMILES string of the molecule is Nc1nc(C#Cc2nccs2)nc2c1ncn2[C@@H]1O[C@H](CO)[C@@H](O)[C@H]1O. The van der Waals surface area contributed by atoms with Gasteiger partial charge in [-0.1, -0.05) is 0 Å². The number of fused-ring (bicyclic) bond motifs is 1. The van der Waals surface area contributed by atoms with Gasteiger partial charge in [-0.3, -0.25) is 4.57 Å². The highest BCUT2D eigenvalue weighted by molar-refractivity contribution is 7.10. The fourth-order valence-corrected chi connectivity index (χ4v) is 3.17. The van der Waals surface area contributed by atoms with E-state index in [9.17, 15) is 15.3 Å². The van der Waals surface area contributed by atoms with Gasteiger partial charge in [-0.25, -0.2) is 19.9 Å². The number of aromatic nitrogens is 5. The van der Waals surface area contributed by atoms with Gasteiger partial charge >= 0.3 is 0 Å². The predicted octanol–water partition coefficient (Wildman–Crippen LogP) is -1.12. The molecule has 0 spiro atoms. The summed E-state index contributed by atoms with van der Waals surface area (Å²) in [6, 6.07) is 0. The Morgan fingerprint density at radius 3 is 2.77 bits per heavy atom. The smallest absolute Gasteiger partial charge is 0.209 e. The number of ether oxygens (including phenoxy) is 1. The molecule has 1 aliphatic rings. The minimum atomic E-state index is -1.26. The van der Waals surface area contributed by atoms with Crippen LogP contribution in [0, 0.1) is 11.8 Å². The molecule has 1 fully saturated rings. The lowest BCUT2D eigenvalue weighted by molar-refractivity contribution is -0.0511. The molecule has 5 N–H and O–H groups in total. The number of aliphatic hydroxyl groups is 3. The molecule has 3 aromatic rings. The van der Waals surface area contributed by atoms with E-state index in [-0.39, 0.29) is 11.6 Å². The molecule has 0 aliphatic carbocycles. The van der Waals surface area contributed by atoms with Crippen LogP contribution >= 0.6 is 11.3 Å². The number of nitrogens with two attached hydrogens (primary N) is 1. The molecular formula is C15H14N6O4S. The first-order valence-corrected chi connectivity index (χ1v) is 8.50. The molecule has 0 unspecified atom stereocenters. The highest BCUT2D eigenvalue weighted by Gasteiger charge is 2.44. The van der Waals surface area contributed by atoms with E-state index in [0.717, 1.165) is 0 Å². The first-order chi connectivity index (χ1) is 12.6. The van der Waals surface area contributed by atoms with E-state index in [4.69, 9.17) is 10.5 Å². The van der Waals surface area contributed by atoms with E-state index >= 15 is 0 Å². The average molecular weight is 374 g/mol. The van der Waals surface area contributed by atoms with Crippen molar-refractivity contribution in [1.29, 1.82) is 0 Å². The quantitative estimate of drug-likeness (QED) is 0.408. The van der Waals surface area contributed by atoms with Gasteiger partial charge in [0.15, 0.2) is 22.7 Å². The Morgan fingerprint density at radius 1 is 1.23 bits per heavy atom. The maximum absolute atomic E-state index is 10.2. The van der Waals surface area contributed by atoms with Crippen LogP contribution in [-0.4, -0.2) is 64.7 Å². The van der Waals surface area contributed by atoms with Crippen molar-refractivity contribution in [2.75, 3.05) is 12.3 Å². The standard InChI is InChI=1S/C15H14N6O4S/c16-13-10-14(20-8(19-13)1-2-9-17-3-4-26-9)21(6-18-10)15-12(24)11(23)7(5-22)25-15/h3-4,6-7,11-12,15,22-24H,5H2,(H2,16,19,20)/t7-,11-,12-,15-/m1/s1. The molecule has 0 saturated carbocycles. The fraction of sp³-hybridized carbons (Fsp3) is 0.333. The normalized spacial score (nSPS) is 25.3. The summed E-state index contributed by atoms with van der Waals surface area (Å²) in [6.45, 7) is -0.428. The monoisotopic (exact) mass is 374 g/mol. The zero-order valence-corrected chi connectivity index (χ0v) is 14.0. The molecule has 4 atom stereocenters. The maximum Gasteiger partial charge on any atom is 0.209 e. The summed E-state index contributed by atoms with van der Waals surface area (Å²) in [4.78, 5) is 16.6. The van der Waals surface area contributed by atoms with Gasteiger partial charge in [0.05, 0.1) is 12.9 Å². The molecule has 4 rings (SSSR count). The number of thiazole rings is 1. The van der Waals surface area contributed by atoms with E-state index in [0.29, 0.717) is 16.2 Å². The van der Waals surface area contributed by atoms with Crippen molar-refractivity contribution in [3.8, 4) is 11.8 Å². The molecule has 134 valence electrons. The number of hydrogen-bond acceptors (Lipinski definition) is 10. The van der Waals surface area contributed by atoms with Gasteiger partial charge in [0.25, 0.3) is 0 Å². The molecular weight excluding hydrogens is 360 g/mol. The largest absolute Gasteiger partial charge is 0.394 e. The second-order valence-electron chi connectivity index (χ2n) is 5.57. The molecule has 4 heterocycles. The second kappa shape index (κ2) is 6.60. The van der Waals surface area contributed by atoms with Crippen molar-refractivity contribution in [3.05, 3.63) is 28.7 Å². The van der Waals surface area contributed by atoms with E-state index in [1.165, 1.54) is 22.2 Å². The number of imidazole rings is 1. The van der Waals surface area contributed by atoms with Gasteiger partial charge in [-0.05, 0) is 11.8 Å². The third kappa shape index (κ3) is 2.79. The fourth-order valence-electron chi connectivity index (χ4n) is 2.68. The molecule has 11 heteroatoms. The Labute approximate surface area is 150 Å². The van der Waals surface area contributed by atoms with Crippen LogP contribution in [0.2, 0.25) is 0 Å². The van der Waals surface area contributed by atoms with Gasteiger partial charge in [-0.15, -0.1) is 11.3 Å². The third-order valence-electron chi connectivity index (χ3n) is 3.95. The molecule has 1 saturated heterocycles. The molecule has 3 aromatic heterocycles. The number of nitrogen functional groups attached to an aromatic ring is 1. The van der Waals surface area contributed by atoms with Crippen LogP contribution < -0.4 is 5.73 Å². The topological polar surface area (TPSA) is 152 Å². The summed E-state index contributed by atoms with van der Waals surface area (Å²) in [5, 5.41) is 31.8. The highest BCUT2D eigenvalue weighted by atomic mass is 32.1. The van der Waals surface area contributed by atoms with Crippen LogP contribution in [0.25, 0.3) is 11.2 Å². The molecule has 0 amide bonds.